The number of hydrogen-bond acceptors (Lipinski definition) is 5. The second-order valence-electron chi connectivity index (χ2n) is 6.39. The van der Waals surface area contributed by atoms with Crippen molar-refractivity contribution in [3.8, 4) is 0 Å². The van der Waals surface area contributed by atoms with Crippen LogP contribution in [-0.4, -0.2) is 43.9 Å². The molecule has 0 spiro atoms. The van der Waals surface area contributed by atoms with Gasteiger partial charge in [-0.05, 0) is 11.1 Å². The summed E-state index contributed by atoms with van der Waals surface area (Å²) in [5.41, 5.74) is 2.18. The lowest BCUT2D eigenvalue weighted by Crippen LogP contribution is -2.35. The van der Waals surface area contributed by atoms with Gasteiger partial charge in [-0.2, -0.15) is 0 Å². The highest BCUT2D eigenvalue weighted by Crippen LogP contribution is 2.31. The molecule has 1 N–H and O–H groups in total. The molecule has 1 fully saturated rings. The minimum Gasteiger partial charge on any atom is -0.396 e. The van der Waals surface area contributed by atoms with Gasteiger partial charge >= 0.3 is 0 Å². The van der Waals surface area contributed by atoms with Crippen molar-refractivity contribution in [1.29, 1.82) is 0 Å². The predicted molar refractivity (Wildman–Crippen MR) is 97.4 cm³/mol. The zero-order chi connectivity index (χ0) is 18.2. The number of ether oxygens (including phenoxy) is 4. The maximum absolute atomic E-state index is 9.78. The van der Waals surface area contributed by atoms with Crippen LogP contribution in [0.3, 0.4) is 0 Å². The highest BCUT2D eigenvalue weighted by molar-refractivity contribution is 5.14. The van der Waals surface area contributed by atoms with Crippen LogP contribution in [0, 0.1) is 5.92 Å². The summed E-state index contributed by atoms with van der Waals surface area (Å²) in [6.07, 6.45) is -1.07. The lowest BCUT2D eigenvalue weighted by molar-refractivity contribution is -0.148. The van der Waals surface area contributed by atoms with E-state index in [-0.39, 0.29) is 24.7 Å². The quantitative estimate of drug-likeness (QED) is 0.747. The summed E-state index contributed by atoms with van der Waals surface area (Å²) in [4.78, 5) is 0. The summed E-state index contributed by atoms with van der Waals surface area (Å²) in [6, 6.07) is 19.9. The van der Waals surface area contributed by atoms with Crippen LogP contribution in [0.2, 0.25) is 0 Å². The highest BCUT2D eigenvalue weighted by atomic mass is 16.7. The molecule has 2 aromatic carbocycles. The average Bonchev–Trinajstić information content (AvgIpc) is 3.04. The third-order valence-electron chi connectivity index (χ3n) is 4.57. The predicted octanol–water partition coefficient (Wildman–Crippen LogP) is 2.77. The standard InChI is InChI=1S/C21H26O5/c1-23-21-18(12-22)20(25-14-17-10-6-3-7-11-17)19(26-21)15-24-13-16-8-4-2-5-9-16/h2-11,18-22H,12-15H2,1H3/t18-,19-,20+,21+/m1/s1. The summed E-state index contributed by atoms with van der Waals surface area (Å²) >= 11 is 0. The summed E-state index contributed by atoms with van der Waals surface area (Å²) < 4.78 is 23.2. The Hall–Kier alpha value is -1.76. The molecule has 1 aliphatic rings. The van der Waals surface area contributed by atoms with Gasteiger partial charge in [-0.25, -0.2) is 0 Å². The van der Waals surface area contributed by atoms with Crippen molar-refractivity contribution < 1.29 is 24.1 Å². The zero-order valence-corrected chi connectivity index (χ0v) is 15.0. The van der Waals surface area contributed by atoms with E-state index in [1.165, 1.54) is 0 Å². The van der Waals surface area contributed by atoms with Crippen molar-refractivity contribution in [3.63, 3.8) is 0 Å². The molecule has 0 aliphatic carbocycles. The van der Waals surface area contributed by atoms with Gasteiger partial charge in [0.25, 0.3) is 0 Å². The van der Waals surface area contributed by atoms with Crippen LogP contribution in [-0.2, 0) is 32.2 Å². The third kappa shape index (κ3) is 4.90. The Morgan fingerprint density at radius 2 is 1.54 bits per heavy atom. The van der Waals surface area contributed by atoms with Gasteiger partial charge in [0, 0.05) is 7.11 Å². The monoisotopic (exact) mass is 358 g/mol. The van der Waals surface area contributed by atoms with Gasteiger partial charge in [-0.15, -0.1) is 0 Å². The number of aliphatic hydroxyl groups is 1. The fourth-order valence-corrected chi connectivity index (χ4v) is 3.20. The number of benzene rings is 2. The maximum Gasteiger partial charge on any atom is 0.165 e. The Kier molecular flexibility index (Phi) is 7.17. The number of methoxy groups -OCH3 is 1. The largest absolute Gasteiger partial charge is 0.396 e. The highest BCUT2D eigenvalue weighted by Gasteiger charge is 2.45. The van der Waals surface area contributed by atoms with Gasteiger partial charge < -0.3 is 24.1 Å². The Balaban J connectivity index is 1.59. The molecule has 0 unspecified atom stereocenters. The van der Waals surface area contributed by atoms with E-state index in [4.69, 9.17) is 18.9 Å². The number of hydrogen-bond donors (Lipinski definition) is 1. The Bertz CT molecular complexity index is 633. The van der Waals surface area contributed by atoms with E-state index < -0.39 is 6.29 Å². The minimum absolute atomic E-state index is 0.0624. The van der Waals surface area contributed by atoms with Gasteiger partial charge in [0.15, 0.2) is 6.29 Å². The third-order valence-corrected chi connectivity index (χ3v) is 4.57. The molecule has 26 heavy (non-hydrogen) atoms. The van der Waals surface area contributed by atoms with Gasteiger partial charge in [-0.1, -0.05) is 60.7 Å². The molecule has 0 amide bonds. The first-order valence-electron chi connectivity index (χ1n) is 8.88. The molecule has 0 radical (unpaired) electrons. The number of rotatable bonds is 9. The van der Waals surface area contributed by atoms with Gasteiger partial charge in [0.05, 0.1) is 38.4 Å². The van der Waals surface area contributed by atoms with E-state index in [1.807, 2.05) is 60.7 Å². The first kappa shape index (κ1) is 19.0. The van der Waals surface area contributed by atoms with Gasteiger partial charge in [0.1, 0.15) is 6.10 Å². The molecule has 3 rings (SSSR count). The van der Waals surface area contributed by atoms with E-state index in [0.29, 0.717) is 19.8 Å². The van der Waals surface area contributed by atoms with E-state index in [1.54, 1.807) is 7.11 Å². The topological polar surface area (TPSA) is 57.2 Å². The normalized spacial score (nSPS) is 25.5. The Morgan fingerprint density at radius 1 is 0.923 bits per heavy atom. The molecule has 1 saturated heterocycles. The maximum atomic E-state index is 9.78. The fourth-order valence-electron chi connectivity index (χ4n) is 3.20. The van der Waals surface area contributed by atoms with Crippen molar-refractivity contribution in [2.24, 2.45) is 5.92 Å². The van der Waals surface area contributed by atoms with E-state index in [2.05, 4.69) is 0 Å². The second kappa shape index (κ2) is 9.80. The van der Waals surface area contributed by atoms with Crippen LogP contribution in [0.1, 0.15) is 11.1 Å². The van der Waals surface area contributed by atoms with Crippen LogP contribution in [0.5, 0.6) is 0 Å². The Labute approximate surface area is 154 Å². The summed E-state index contributed by atoms with van der Waals surface area (Å²) in [7, 11) is 1.58. The fraction of sp³-hybridized carbons (Fsp3) is 0.429. The molecule has 5 heteroatoms. The molecule has 2 aromatic rings. The van der Waals surface area contributed by atoms with Crippen molar-refractivity contribution in [2.75, 3.05) is 20.3 Å². The van der Waals surface area contributed by atoms with E-state index in [9.17, 15) is 5.11 Å². The van der Waals surface area contributed by atoms with Crippen LogP contribution in [0.25, 0.3) is 0 Å². The first-order chi connectivity index (χ1) is 12.8. The summed E-state index contributed by atoms with van der Waals surface area (Å²) in [5, 5.41) is 9.78. The zero-order valence-electron chi connectivity index (χ0n) is 15.0. The van der Waals surface area contributed by atoms with Crippen molar-refractivity contribution in [1.82, 2.24) is 0 Å². The lowest BCUT2D eigenvalue weighted by atomic mass is 10.0. The van der Waals surface area contributed by atoms with Crippen molar-refractivity contribution in [2.45, 2.75) is 31.7 Å². The molecule has 5 nitrogen and oxygen atoms in total. The average molecular weight is 358 g/mol. The van der Waals surface area contributed by atoms with Crippen LogP contribution < -0.4 is 0 Å². The summed E-state index contributed by atoms with van der Waals surface area (Å²) in [5.74, 6) is -0.242. The SMILES string of the molecule is CO[C@H]1O[C@H](COCc2ccccc2)[C@@H](OCc2ccccc2)[C@H]1CO. The molecule has 0 aromatic heterocycles. The molecule has 140 valence electrons. The number of aliphatic hydroxyl groups excluding tert-OH is 1. The van der Waals surface area contributed by atoms with Crippen molar-refractivity contribution in [3.05, 3.63) is 71.8 Å². The Morgan fingerprint density at radius 3 is 2.12 bits per heavy atom. The second-order valence-corrected chi connectivity index (χ2v) is 6.39. The van der Waals surface area contributed by atoms with Crippen LogP contribution in [0.15, 0.2) is 60.7 Å². The van der Waals surface area contributed by atoms with Crippen LogP contribution in [0.4, 0.5) is 0 Å². The minimum atomic E-state index is -0.494. The van der Waals surface area contributed by atoms with Gasteiger partial charge in [0.2, 0.25) is 0 Å². The molecule has 4 atom stereocenters. The molecule has 1 aliphatic heterocycles. The first-order valence-corrected chi connectivity index (χ1v) is 8.88. The lowest BCUT2D eigenvalue weighted by Gasteiger charge is -2.22. The molecular formula is C21H26O5. The van der Waals surface area contributed by atoms with E-state index >= 15 is 0 Å². The van der Waals surface area contributed by atoms with Crippen LogP contribution >= 0.6 is 0 Å². The smallest absolute Gasteiger partial charge is 0.165 e. The summed E-state index contributed by atoms with van der Waals surface area (Å²) in [6.45, 7) is 1.28. The molecule has 0 saturated carbocycles. The molecule has 1 heterocycles. The van der Waals surface area contributed by atoms with E-state index in [0.717, 1.165) is 11.1 Å². The molecule has 0 bridgehead atoms. The van der Waals surface area contributed by atoms with Crippen molar-refractivity contribution >= 4 is 0 Å². The van der Waals surface area contributed by atoms with Gasteiger partial charge in [-0.3, -0.25) is 0 Å². The molecular weight excluding hydrogens is 332 g/mol.